The molecule has 2 aromatic heterocycles. The van der Waals surface area contributed by atoms with Gasteiger partial charge in [0.1, 0.15) is 23.7 Å². The van der Waals surface area contributed by atoms with Crippen LogP contribution in [0.4, 0.5) is 9.59 Å². The number of aromatic amines is 2. The minimum Gasteiger partial charge on any atom is -0.453 e. The molecule has 2 saturated heterocycles. The summed E-state index contributed by atoms with van der Waals surface area (Å²) in [7, 11) is 2.59. The van der Waals surface area contributed by atoms with Gasteiger partial charge in [-0.3, -0.25) is 9.59 Å². The summed E-state index contributed by atoms with van der Waals surface area (Å²) < 4.78 is 9.46. The molecule has 0 aromatic carbocycles. The van der Waals surface area contributed by atoms with Crippen LogP contribution in [0, 0.1) is 11.8 Å². The van der Waals surface area contributed by atoms with Crippen molar-refractivity contribution in [1.29, 1.82) is 0 Å². The fraction of sp³-hybridized carbons (Fsp3) is 0.706. The van der Waals surface area contributed by atoms with E-state index in [1.165, 1.54) is 14.2 Å². The molecule has 0 saturated carbocycles. The van der Waals surface area contributed by atoms with E-state index in [0.717, 1.165) is 87.2 Å². The Kier molecular flexibility index (Phi) is 13.3. The maximum Gasteiger partial charge on any atom is 0.407 e. The van der Waals surface area contributed by atoms with E-state index in [0.29, 0.717) is 13.1 Å². The molecule has 48 heavy (non-hydrogen) atoms. The molecule has 4 N–H and O–H groups in total. The summed E-state index contributed by atoms with van der Waals surface area (Å²) in [5.74, 6) is 1.23. The fourth-order valence-electron chi connectivity index (χ4n) is 6.72. The average Bonchev–Trinajstić information content (AvgIpc) is 3.89. The first-order valence-corrected chi connectivity index (χ1v) is 17.4. The van der Waals surface area contributed by atoms with Crippen molar-refractivity contribution in [3.63, 3.8) is 0 Å². The number of methoxy groups -OCH3 is 2. The number of nitrogens with zero attached hydrogens (tertiary/aromatic N) is 4. The van der Waals surface area contributed by atoms with Gasteiger partial charge in [-0.15, -0.1) is 0 Å². The first kappa shape index (κ1) is 36.7. The van der Waals surface area contributed by atoms with Crippen molar-refractivity contribution in [3.05, 3.63) is 35.4 Å². The Bertz CT molecular complexity index is 1270. The van der Waals surface area contributed by atoms with Gasteiger partial charge in [-0.1, -0.05) is 40.5 Å². The van der Waals surface area contributed by atoms with Crippen LogP contribution in [-0.2, 0) is 31.9 Å². The van der Waals surface area contributed by atoms with Crippen LogP contribution >= 0.6 is 0 Å². The number of likely N-dealkylation sites (tertiary alicyclic amines) is 2. The van der Waals surface area contributed by atoms with E-state index in [9.17, 15) is 19.2 Å². The van der Waals surface area contributed by atoms with Gasteiger partial charge >= 0.3 is 12.2 Å². The number of carbonyl (C=O) groups is 4. The van der Waals surface area contributed by atoms with Crippen molar-refractivity contribution in [2.45, 2.75) is 116 Å². The number of ether oxygens (including phenoxy) is 2. The van der Waals surface area contributed by atoms with Crippen LogP contribution in [0.2, 0.25) is 0 Å². The standard InChI is InChI=1S/C34H54N8O6/c1-21(2)27(39-33(45)47-5)31(43)41-17-11-15-25(41)29-35-19-23(37-29)13-9-7-8-10-14-24-20-36-30(38-24)26-16-12-18-42(26)32(44)28(22(3)4)40-34(46)48-6/h19-22,25-28H,7-18H2,1-6H3,(H,35,37)(H,36,38)(H,39,45)(H,40,46)/t25-,26?,27?,28?/m0/s1. The second-order valence-electron chi connectivity index (χ2n) is 13.6. The van der Waals surface area contributed by atoms with Crippen molar-refractivity contribution in [1.82, 2.24) is 40.4 Å². The monoisotopic (exact) mass is 670 g/mol. The summed E-state index contributed by atoms with van der Waals surface area (Å²) in [6.07, 6.45) is 11.9. The Morgan fingerprint density at radius 3 is 1.48 bits per heavy atom. The van der Waals surface area contributed by atoms with Gasteiger partial charge in [-0.2, -0.15) is 0 Å². The molecule has 0 bridgehead atoms. The van der Waals surface area contributed by atoms with E-state index in [-0.39, 0.29) is 35.7 Å². The number of rotatable bonds is 15. The van der Waals surface area contributed by atoms with Crippen LogP contribution in [0.25, 0.3) is 0 Å². The molecule has 266 valence electrons. The van der Waals surface area contributed by atoms with E-state index in [1.54, 1.807) is 0 Å². The summed E-state index contributed by atoms with van der Waals surface area (Å²) in [6.45, 7) is 8.90. The zero-order valence-electron chi connectivity index (χ0n) is 29.3. The third kappa shape index (κ3) is 9.28. The third-order valence-corrected chi connectivity index (χ3v) is 9.42. The van der Waals surface area contributed by atoms with E-state index in [2.05, 4.69) is 30.6 Å². The number of aromatic nitrogens is 4. The molecular weight excluding hydrogens is 616 g/mol. The molecule has 4 atom stereocenters. The highest BCUT2D eigenvalue weighted by Crippen LogP contribution is 2.33. The molecule has 2 aliphatic rings. The summed E-state index contributed by atoms with van der Waals surface area (Å²) in [4.78, 5) is 70.3. The topological polar surface area (TPSA) is 175 Å². The zero-order chi connectivity index (χ0) is 34.8. The summed E-state index contributed by atoms with van der Waals surface area (Å²) in [5.41, 5.74) is 2.13. The minimum absolute atomic E-state index is 0.0745. The predicted octanol–water partition coefficient (Wildman–Crippen LogP) is 4.57. The maximum atomic E-state index is 13.4. The minimum atomic E-state index is -0.651. The Labute approximate surface area is 283 Å². The van der Waals surface area contributed by atoms with Gasteiger partial charge in [0.05, 0.1) is 26.3 Å². The number of imidazole rings is 2. The quantitative estimate of drug-likeness (QED) is 0.199. The van der Waals surface area contributed by atoms with Crippen LogP contribution in [-0.4, -0.2) is 93.1 Å². The highest BCUT2D eigenvalue weighted by atomic mass is 16.5. The normalized spacial score (nSPS) is 19.1. The number of unbranched alkanes of at least 4 members (excludes halogenated alkanes) is 3. The van der Waals surface area contributed by atoms with Crippen LogP contribution in [0.5, 0.6) is 0 Å². The fourth-order valence-corrected chi connectivity index (χ4v) is 6.72. The molecule has 4 amide bonds. The summed E-state index contributed by atoms with van der Waals surface area (Å²) in [5, 5.41) is 5.38. The predicted molar refractivity (Wildman–Crippen MR) is 179 cm³/mol. The lowest BCUT2D eigenvalue weighted by molar-refractivity contribution is -0.136. The smallest absolute Gasteiger partial charge is 0.407 e. The Hall–Kier alpha value is -4.10. The Morgan fingerprint density at radius 1 is 0.729 bits per heavy atom. The molecular formula is C34H54N8O6. The largest absolute Gasteiger partial charge is 0.453 e. The second kappa shape index (κ2) is 17.3. The molecule has 0 radical (unpaired) electrons. The number of alkyl carbamates (subject to hydrolysis) is 2. The van der Waals surface area contributed by atoms with Crippen LogP contribution < -0.4 is 10.6 Å². The SMILES string of the molecule is COC(=O)NC(C(=O)N1CCCC1c1ncc(CCCCCCc2cnc([C@@H]3CCCN3C(=O)C(NC(=O)OC)C(C)C)[nH]2)[nH]1)C(C)C. The van der Waals surface area contributed by atoms with Gasteiger partial charge in [0.15, 0.2) is 0 Å². The summed E-state index contributed by atoms with van der Waals surface area (Å²) in [6, 6.07) is -1.56. The maximum absolute atomic E-state index is 13.4. The number of H-pyrrole nitrogens is 2. The van der Waals surface area contributed by atoms with Crippen molar-refractivity contribution in [2.75, 3.05) is 27.3 Å². The summed E-state index contributed by atoms with van der Waals surface area (Å²) >= 11 is 0. The number of aryl methyl sites for hydroxylation is 2. The lowest BCUT2D eigenvalue weighted by atomic mass is 10.0. The number of nitrogens with one attached hydrogen (secondary N) is 4. The van der Waals surface area contributed by atoms with Crippen molar-refractivity contribution >= 4 is 24.0 Å². The molecule has 14 heteroatoms. The van der Waals surface area contributed by atoms with Crippen LogP contribution in [0.3, 0.4) is 0 Å². The molecule has 0 aliphatic carbocycles. The second-order valence-corrected chi connectivity index (χ2v) is 13.6. The van der Waals surface area contributed by atoms with Crippen molar-refractivity contribution in [2.24, 2.45) is 11.8 Å². The first-order chi connectivity index (χ1) is 23.0. The van der Waals surface area contributed by atoms with Crippen molar-refractivity contribution < 1.29 is 28.7 Å². The van der Waals surface area contributed by atoms with Gasteiger partial charge in [0, 0.05) is 36.9 Å². The number of hydrogen-bond donors (Lipinski definition) is 4. The van der Waals surface area contributed by atoms with Gasteiger partial charge < -0.3 is 39.9 Å². The Morgan fingerprint density at radius 2 is 1.12 bits per heavy atom. The molecule has 2 aliphatic heterocycles. The molecule has 14 nitrogen and oxygen atoms in total. The highest BCUT2D eigenvalue weighted by Gasteiger charge is 2.38. The lowest BCUT2D eigenvalue weighted by Gasteiger charge is -2.30. The highest BCUT2D eigenvalue weighted by molar-refractivity contribution is 5.87. The molecule has 4 heterocycles. The number of hydrogen-bond acceptors (Lipinski definition) is 8. The third-order valence-electron chi connectivity index (χ3n) is 9.42. The van der Waals surface area contributed by atoms with Crippen LogP contribution in [0.15, 0.2) is 12.4 Å². The first-order valence-electron chi connectivity index (χ1n) is 17.4. The molecule has 0 spiro atoms. The van der Waals surface area contributed by atoms with Gasteiger partial charge in [-0.25, -0.2) is 19.6 Å². The van der Waals surface area contributed by atoms with E-state index in [1.807, 2.05) is 49.9 Å². The molecule has 4 rings (SSSR count). The van der Waals surface area contributed by atoms with Gasteiger partial charge in [0.25, 0.3) is 0 Å². The van der Waals surface area contributed by atoms with E-state index < -0.39 is 24.3 Å². The Balaban J connectivity index is 1.21. The van der Waals surface area contributed by atoms with Gasteiger partial charge in [-0.05, 0) is 63.2 Å². The number of carbonyl (C=O) groups excluding carboxylic acids is 4. The molecule has 2 aromatic rings. The molecule has 3 unspecified atom stereocenters. The van der Waals surface area contributed by atoms with Crippen LogP contribution in [0.1, 0.15) is 114 Å². The average molecular weight is 671 g/mol. The van der Waals surface area contributed by atoms with E-state index in [4.69, 9.17) is 9.47 Å². The molecule has 2 fully saturated rings. The number of amides is 4. The van der Waals surface area contributed by atoms with Gasteiger partial charge in [0.2, 0.25) is 11.8 Å². The zero-order valence-corrected chi connectivity index (χ0v) is 29.3. The van der Waals surface area contributed by atoms with Crippen molar-refractivity contribution in [3.8, 4) is 0 Å². The lowest BCUT2D eigenvalue weighted by Crippen LogP contribution is -2.51. The van der Waals surface area contributed by atoms with E-state index >= 15 is 0 Å².